The summed E-state index contributed by atoms with van der Waals surface area (Å²) in [4.78, 5) is 28.2. The number of sulfonamides is 1. The Bertz CT molecular complexity index is 1390. The normalized spacial score (nSPS) is 12.5. The molecule has 3 rings (SSSR count). The van der Waals surface area contributed by atoms with Crippen molar-refractivity contribution in [2.75, 3.05) is 10.8 Å². The van der Waals surface area contributed by atoms with E-state index in [-0.39, 0.29) is 17.0 Å². The molecule has 0 aromatic heterocycles. The van der Waals surface area contributed by atoms with Gasteiger partial charge in [0.2, 0.25) is 11.8 Å². The van der Waals surface area contributed by atoms with Crippen LogP contribution in [0.2, 0.25) is 0 Å². The molecule has 202 valence electrons. The number of hydrogen-bond acceptors (Lipinski definition) is 4. The number of hydrogen-bond donors (Lipinski definition) is 1. The Labute approximate surface area is 224 Å². The molecule has 2 amide bonds. The van der Waals surface area contributed by atoms with Gasteiger partial charge < -0.3 is 10.2 Å². The maximum atomic E-state index is 14.6. The first-order valence-corrected chi connectivity index (χ1v) is 13.7. The largest absolute Gasteiger partial charge is 0.350 e. The van der Waals surface area contributed by atoms with E-state index in [4.69, 9.17) is 0 Å². The Morgan fingerprint density at radius 3 is 2.11 bits per heavy atom. The zero-order valence-corrected chi connectivity index (χ0v) is 23.1. The van der Waals surface area contributed by atoms with Gasteiger partial charge in [0.25, 0.3) is 10.0 Å². The van der Waals surface area contributed by atoms with E-state index >= 15 is 0 Å². The fraction of sp³-hybridized carbons (Fsp3) is 0.310. The minimum Gasteiger partial charge on any atom is -0.350 e. The molecule has 7 nitrogen and oxygen atoms in total. The number of aryl methyl sites for hydroxylation is 1. The summed E-state index contributed by atoms with van der Waals surface area (Å²) in [6.45, 7) is 7.95. The van der Waals surface area contributed by atoms with Crippen molar-refractivity contribution in [3.63, 3.8) is 0 Å². The molecule has 3 aromatic rings. The van der Waals surface area contributed by atoms with Crippen molar-refractivity contribution in [1.29, 1.82) is 0 Å². The number of nitrogens with one attached hydrogen (secondary N) is 1. The van der Waals surface area contributed by atoms with Crippen LogP contribution < -0.4 is 9.62 Å². The average Bonchev–Trinajstić information content (AvgIpc) is 2.86. The molecule has 0 aliphatic carbocycles. The highest BCUT2D eigenvalue weighted by Crippen LogP contribution is 2.27. The van der Waals surface area contributed by atoms with E-state index < -0.39 is 45.8 Å². The molecule has 1 unspecified atom stereocenters. The molecule has 0 spiro atoms. The van der Waals surface area contributed by atoms with Crippen LogP contribution in [0.3, 0.4) is 0 Å². The van der Waals surface area contributed by atoms with Gasteiger partial charge in [0.15, 0.2) is 0 Å². The number of halogens is 1. The molecule has 3 aromatic carbocycles. The SMILES string of the molecule is Cc1ccccc1N(CC(=O)N(Cc1ccccc1F)C(C)C(=O)NC(C)(C)C)S(=O)(=O)c1ccccc1. The minimum absolute atomic E-state index is 0.0234. The lowest BCUT2D eigenvalue weighted by molar-refractivity contribution is -0.140. The summed E-state index contributed by atoms with van der Waals surface area (Å²) in [5, 5.41) is 2.85. The van der Waals surface area contributed by atoms with Crippen molar-refractivity contribution < 1.29 is 22.4 Å². The number of benzene rings is 3. The zero-order chi connectivity index (χ0) is 28.1. The lowest BCUT2D eigenvalue weighted by Crippen LogP contribution is -2.54. The maximum Gasteiger partial charge on any atom is 0.264 e. The molecule has 1 N–H and O–H groups in total. The lowest BCUT2D eigenvalue weighted by Gasteiger charge is -2.33. The molecule has 0 heterocycles. The first-order chi connectivity index (χ1) is 17.8. The number of carbonyl (C=O) groups is 2. The van der Waals surface area contributed by atoms with Crippen molar-refractivity contribution >= 4 is 27.5 Å². The minimum atomic E-state index is -4.15. The number of carbonyl (C=O) groups excluding carboxylic acids is 2. The van der Waals surface area contributed by atoms with Gasteiger partial charge in [-0.05, 0) is 64.4 Å². The van der Waals surface area contributed by atoms with Crippen LogP contribution in [0, 0.1) is 12.7 Å². The second kappa shape index (κ2) is 11.8. The van der Waals surface area contributed by atoms with Crippen molar-refractivity contribution in [1.82, 2.24) is 10.2 Å². The number of nitrogens with zero attached hydrogens (tertiary/aromatic N) is 2. The summed E-state index contributed by atoms with van der Waals surface area (Å²) in [7, 11) is -4.15. The van der Waals surface area contributed by atoms with Gasteiger partial charge in [-0.3, -0.25) is 13.9 Å². The van der Waals surface area contributed by atoms with Crippen LogP contribution in [-0.2, 0) is 26.2 Å². The van der Waals surface area contributed by atoms with E-state index in [1.54, 1.807) is 62.4 Å². The Hall–Kier alpha value is -3.72. The van der Waals surface area contributed by atoms with Gasteiger partial charge in [0, 0.05) is 17.6 Å². The number of para-hydroxylation sites is 1. The third kappa shape index (κ3) is 6.98. The Balaban J connectivity index is 2.05. The van der Waals surface area contributed by atoms with E-state index in [0.29, 0.717) is 11.3 Å². The molecule has 0 bridgehead atoms. The molecule has 0 radical (unpaired) electrons. The fourth-order valence-corrected chi connectivity index (χ4v) is 5.44. The van der Waals surface area contributed by atoms with E-state index in [0.717, 1.165) is 4.31 Å². The van der Waals surface area contributed by atoms with Crippen LogP contribution in [0.25, 0.3) is 0 Å². The number of anilines is 1. The van der Waals surface area contributed by atoms with Gasteiger partial charge in [-0.15, -0.1) is 0 Å². The standard InChI is InChI=1S/C29H34FN3O4S/c1-21-13-9-12-18-26(21)33(38(36,37)24-15-7-6-8-16-24)20-27(34)32(19-23-14-10-11-17-25(23)30)22(2)28(35)31-29(3,4)5/h6-18,22H,19-20H2,1-5H3,(H,31,35). The van der Waals surface area contributed by atoms with Crippen molar-refractivity contribution in [2.24, 2.45) is 0 Å². The molecule has 0 aliphatic heterocycles. The van der Waals surface area contributed by atoms with Crippen LogP contribution in [0.1, 0.15) is 38.8 Å². The summed E-state index contributed by atoms with van der Waals surface area (Å²) in [6.07, 6.45) is 0. The van der Waals surface area contributed by atoms with Gasteiger partial charge in [0.05, 0.1) is 10.6 Å². The molecular weight excluding hydrogens is 505 g/mol. The molecule has 9 heteroatoms. The van der Waals surface area contributed by atoms with Gasteiger partial charge in [-0.25, -0.2) is 12.8 Å². The van der Waals surface area contributed by atoms with Crippen molar-refractivity contribution in [3.8, 4) is 0 Å². The molecule has 0 aliphatic rings. The highest BCUT2D eigenvalue weighted by Gasteiger charge is 2.34. The Morgan fingerprint density at radius 2 is 1.50 bits per heavy atom. The van der Waals surface area contributed by atoms with Crippen molar-refractivity contribution in [3.05, 3.63) is 95.8 Å². The first kappa shape index (κ1) is 28.8. The zero-order valence-electron chi connectivity index (χ0n) is 22.3. The van der Waals surface area contributed by atoms with E-state index in [1.165, 1.54) is 35.2 Å². The quantitative estimate of drug-likeness (QED) is 0.429. The van der Waals surface area contributed by atoms with E-state index in [9.17, 15) is 22.4 Å². The summed E-state index contributed by atoms with van der Waals surface area (Å²) in [6, 6.07) is 19.7. The third-order valence-electron chi connectivity index (χ3n) is 5.96. The van der Waals surface area contributed by atoms with Gasteiger partial charge in [0.1, 0.15) is 18.4 Å². The van der Waals surface area contributed by atoms with Crippen LogP contribution in [-0.4, -0.2) is 43.3 Å². The monoisotopic (exact) mass is 539 g/mol. The predicted molar refractivity (Wildman–Crippen MR) is 146 cm³/mol. The summed E-state index contributed by atoms with van der Waals surface area (Å²) in [5.41, 5.74) is 0.632. The van der Waals surface area contributed by atoms with Gasteiger partial charge in [-0.1, -0.05) is 54.6 Å². The highest BCUT2D eigenvalue weighted by atomic mass is 32.2. The number of rotatable bonds is 9. The number of amides is 2. The molecule has 0 saturated carbocycles. The average molecular weight is 540 g/mol. The predicted octanol–water partition coefficient (Wildman–Crippen LogP) is 4.66. The summed E-state index contributed by atoms with van der Waals surface area (Å²) < 4.78 is 43.2. The smallest absolute Gasteiger partial charge is 0.264 e. The first-order valence-electron chi connectivity index (χ1n) is 12.3. The van der Waals surface area contributed by atoms with Gasteiger partial charge in [-0.2, -0.15) is 0 Å². The third-order valence-corrected chi connectivity index (χ3v) is 7.73. The lowest BCUT2D eigenvalue weighted by atomic mass is 10.1. The summed E-state index contributed by atoms with van der Waals surface area (Å²) >= 11 is 0. The molecule has 1 atom stereocenters. The van der Waals surface area contributed by atoms with E-state index in [2.05, 4.69) is 5.32 Å². The molecule has 0 fully saturated rings. The van der Waals surface area contributed by atoms with Crippen LogP contribution in [0.15, 0.2) is 83.8 Å². The fourth-order valence-electron chi connectivity index (χ4n) is 3.94. The Kier molecular flexibility index (Phi) is 8.93. The van der Waals surface area contributed by atoms with Crippen molar-refractivity contribution in [2.45, 2.75) is 57.6 Å². The van der Waals surface area contributed by atoms with Crippen LogP contribution >= 0.6 is 0 Å². The molecule has 0 saturated heterocycles. The summed E-state index contributed by atoms with van der Waals surface area (Å²) in [5.74, 6) is -1.61. The van der Waals surface area contributed by atoms with Crippen LogP contribution in [0.4, 0.5) is 10.1 Å². The van der Waals surface area contributed by atoms with Crippen LogP contribution in [0.5, 0.6) is 0 Å². The topological polar surface area (TPSA) is 86.8 Å². The second-order valence-corrected chi connectivity index (χ2v) is 12.0. The van der Waals surface area contributed by atoms with Gasteiger partial charge >= 0.3 is 0 Å². The second-order valence-electron chi connectivity index (χ2n) is 10.1. The molecule has 38 heavy (non-hydrogen) atoms. The molecular formula is C29H34FN3O4S. The Morgan fingerprint density at radius 1 is 0.921 bits per heavy atom. The van der Waals surface area contributed by atoms with E-state index in [1.807, 2.05) is 20.8 Å². The highest BCUT2D eigenvalue weighted by molar-refractivity contribution is 7.92. The maximum absolute atomic E-state index is 14.6.